The Morgan fingerprint density at radius 1 is 0.238 bits per heavy atom. The van der Waals surface area contributed by atoms with Crippen LogP contribution in [0, 0.1) is 53.9 Å². The number of hydrogen-bond donors (Lipinski definition) is 0. The Morgan fingerprint density at radius 2 is 0.238 bits per heavy atom. The minimum atomic E-state index is -2.85. The maximum absolute atomic E-state index is 8.41. The summed E-state index contributed by atoms with van der Waals surface area (Å²) in [6.45, 7) is 0. The first-order valence-electron chi connectivity index (χ1n) is 2.31. The van der Waals surface area contributed by atoms with E-state index in [-0.39, 0.29) is 24.4 Å². The summed E-state index contributed by atoms with van der Waals surface area (Å²) in [5, 5.41) is 0. The molecular weight excluding hydrogens is 539 g/mol. The van der Waals surface area contributed by atoms with Gasteiger partial charge in [0.25, 0.3) is 0 Å². The molecule has 21 heteroatoms. The maximum atomic E-state index is 8.41. The molecule has 15 nitrogen and oxygen atoms in total. The largest absolute Gasteiger partial charge is 5.00 e. The Hall–Kier alpha value is 1.67. The van der Waals surface area contributed by atoms with Crippen molar-refractivity contribution in [2.45, 2.75) is 0 Å². The van der Waals surface area contributed by atoms with Gasteiger partial charge in [-0.05, 0) is 0 Å². The molecule has 0 aliphatic rings. The Morgan fingerprint density at radius 3 is 0.238 bits per heavy atom. The third-order valence-corrected chi connectivity index (χ3v) is 0. The molecule has 0 aromatic heterocycles. The standard InChI is InChI=1S/5ClO3.Sb/c5*2-1(3)4;/q5*-1;+5. The molecule has 0 heterocycles. The van der Waals surface area contributed by atoms with Crippen molar-refractivity contribution in [3.63, 3.8) is 0 Å². The van der Waals surface area contributed by atoms with Gasteiger partial charge in [-0.1, -0.05) is 0 Å². The third kappa shape index (κ3) is 3010. The van der Waals surface area contributed by atoms with E-state index in [1.165, 1.54) is 0 Å². The average molecular weight is 539 g/mol. The van der Waals surface area contributed by atoms with Crippen LogP contribution in [0.3, 0.4) is 0 Å². The van der Waals surface area contributed by atoms with Crippen LogP contribution in [0.25, 0.3) is 0 Å². The zero-order valence-corrected chi connectivity index (χ0v) is 14.8. The van der Waals surface area contributed by atoms with Crippen LogP contribution in [0.4, 0.5) is 0 Å². The molecule has 0 aliphatic carbocycles. The molecule has 0 aromatic rings. The summed E-state index contributed by atoms with van der Waals surface area (Å²) in [5.41, 5.74) is 0. The van der Waals surface area contributed by atoms with Gasteiger partial charge in [-0.3, -0.25) is 0 Å². The normalized spacial score (nSPS) is 8.57. The van der Waals surface area contributed by atoms with Crippen molar-refractivity contribution < 1.29 is 124 Å². The van der Waals surface area contributed by atoms with Crippen molar-refractivity contribution in [2.24, 2.45) is 0 Å². The van der Waals surface area contributed by atoms with Crippen molar-refractivity contribution >= 4 is 24.4 Å². The van der Waals surface area contributed by atoms with Crippen LogP contribution in [-0.4, -0.2) is 24.4 Å². The zero-order chi connectivity index (χ0) is 17.9. The fourth-order valence-electron chi connectivity index (χ4n) is 0. The molecular formula is Cl5O15Sb. The van der Waals surface area contributed by atoms with E-state index in [9.17, 15) is 0 Å². The monoisotopic (exact) mass is 536 g/mol. The van der Waals surface area contributed by atoms with Gasteiger partial charge in [0.2, 0.25) is 0 Å². The van der Waals surface area contributed by atoms with Gasteiger partial charge in [0, 0.05) is 0 Å². The van der Waals surface area contributed by atoms with Crippen LogP contribution in [0.2, 0.25) is 0 Å². The molecule has 0 atom stereocenters. The van der Waals surface area contributed by atoms with E-state index in [2.05, 4.69) is 0 Å². The minimum absolute atomic E-state index is 0. The zero-order valence-electron chi connectivity index (χ0n) is 8.46. The molecule has 0 saturated carbocycles. The minimum Gasteiger partial charge on any atom is -0.357 e. The first-order valence-corrected chi connectivity index (χ1v) is 6.94. The predicted molar refractivity (Wildman–Crippen MR) is 5.75 cm³/mol. The van der Waals surface area contributed by atoms with Crippen LogP contribution in [0.1, 0.15) is 0 Å². The molecule has 130 valence electrons. The molecule has 0 fully saturated rings. The van der Waals surface area contributed by atoms with Gasteiger partial charge in [0.15, 0.2) is 0 Å². The fraction of sp³-hybridized carbons (Fsp3) is 0. The molecule has 0 aliphatic heterocycles. The molecule has 0 radical (unpaired) electrons. The summed E-state index contributed by atoms with van der Waals surface area (Å²) in [6, 6.07) is 0. The van der Waals surface area contributed by atoms with E-state index in [1.807, 2.05) is 0 Å². The number of hydrogen-bond acceptors (Lipinski definition) is 15. The molecule has 21 heavy (non-hydrogen) atoms. The summed E-state index contributed by atoms with van der Waals surface area (Å²) in [5.74, 6) is 0. The fourth-order valence-corrected chi connectivity index (χ4v) is 0. The van der Waals surface area contributed by atoms with E-state index in [4.69, 9.17) is 69.9 Å². The Balaban J connectivity index is -0.0000000331. The Kier molecular flexibility index (Phi) is 60.8. The van der Waals surface area contributed by atoms with Crippen LogP contribution in [0.5, 0.6) is 0 Å². The van der Waals surface area contributed by atoms with Crippen molar-refractivity contribution in [1.29, 1.82) is 0 Å². The molecule has 0 N–H and O–H groups in total. The second-order valence-electron chi connectivity index (χ2n) is 0.945. The van der Waals surface area contributed by atoms with Gasteiger partial charge in [-0.25, -0.2) is 0 Å². The summed E-state index contributed by atoms with van der Waals surface area (Å²) in [6.07, 6.45) is 0. The third-order valence-electron chi connectivity index (χ3n) is 0. The Labute approximate surface area is 148 Å². The second-order valence-corrected chi connectivity index (χ2v) is 2.83. The van der Waals surface area contributed by atoms with Crippen molar-refractivity contribution in [3.8, 4) is 0 Å². The molecule has 0 spiro atoms. The first kappa shape index (κ1) is 38.3. The average Bonchev–Trinajstić information content (AvgIpc) is 1.94. The van der Waals surface area contributed by atoms with Gasteiger partial charge in [-0.15, -0.1) is 0 Å². The quantitative estimate of drug-likeness (QED) is 0.258. The molecule has 0 amide bonds. The van der Waals surface area contributed by atoms with E-state index < -0.39 is 53.9 Å². The van der Waals surface area contributed by atoms with Gasteiger partial charge in [0.1, 0.15) is 0 Å². The van der Waals surface area contributed by atoms with Crippen LogP contribution >= 0.6 is 0 Å². The van der Waals surface area contributed by atoms with Gasteiger partial charge in [-0.2, -0.15) is 0 Å². The van der Waals surface area contributed by atoms with Crippen molar-refractivity contribution in [2.75, 3.05) is 0 Å². The first-order chi connectivity index (χ1) is 8.66. The molecule has 0 bridgehead atoms. The maximum Gasteiger partial charge on any atom is 5.00 e. The summed E-state index contributed by atoms with van der Waals surface area (Å²) in [7, 11) is -14.3. The molecule has 0 rings (SSSR count). The van der Waals surface area contributed by atoms with Crippen molar-refractivity contribution in [1.82, 2.24) is 0 Å². The smallest absolute Gasteiger partial charge is 0.357 e. The van der Waals surface area contributed by atoms with E-state index >= 15 is 0 Å². The van der Waals surface area contributed by atoms with Crippen molar-refractivity contribution in [3.05, 3.63) is 0 Å². The van der Waals surface area contributed by atoms with Crippen LogP contribution in [-0.2, 0) is 0 Å². The van der Waals surface area contributed by atoms with Crippen LogP contribution in [0.15, 0.2) is 0 Å². The number of rotatable bonds is 0. The SMILES string of the molecule is [O-][Cl+2]([O-])[O-].[O-][Cl+2]([O-])[O-].[O-][Cl+2]([O-])[O-].[O-][Cl+2]([O-])[O-].[O-][Cl+2]([O-])[O-].[Sb+5]. The van der Waals surface area contributed by atoms with E-state index in [1.54, 1.807) is 0 Å². The van der Waals surface area contributed by atoms with Gasteiger partial charge < -0.3 is 69.9 Å². The topological polar surface area (TPSA) is 346 Å². The summed E-state index contributed by atoms with van der Waals surface area (Å²) < 4.78 is 126. The van der Waals surface area contributed by atoms with Gasteiger partial charge in [0.05, 0.1) is 53.9 Å². The molecule has 0 aromatic carbocycles. The molecule has 0 unspecified atom stereocenters. The van der Waals surface area contributed by atoms with E-state index in [0.717, 1.165) is 0 Å². The van der Waals surface area contributed by atoms with Gasteiger partial charge >= 0.3 is 24.4 Å². The Bertz CT molecular complexity index is 80.6. The molecule has 0 saturated heterocycles. The van der Waals surface area contributed by atoms with E-state index in [0.29, 0.717) is 0 Å². The number of halogens is 5. The second kappa shape index (κ2) is 33.3. The summed E-state index contributed by atoms with van der Waals surface area (Å²) >= 11 is 0. The van der Waals surface area contributed by atoms with Crippen LogP contribution < -0.4 is 69.9 Å². The predicted octanol–water partition coefficient (Wildman–Crippen LogP) is -18.2. The summed E-state index contributed by atoms with van der Waals surface area (Å²) in [4.78, 5) is 0.